The second-order valence-corrected chi connectivity index (χ2v) is 8.59. The van der Waals surface area contributed by atoms with Crippen LogP contribution < -0.4 is 4.72 Å². The molecule has 1 heterocycles. The third-order valence-corrected chi connectivity index (χ3v) is 7.00. The van der Waals surface area contributed by atoms with E-state index in [1.807, 2.05) is 16.9 Å². The standard InChI is InChI=1S/C14H23N3O4S/c1-21-10-14(3-4-14)22(19,20)16-12-7-11(8-13(12)18)9-17-6-2-5-15-17/h2,5-6,11-13,16,18H,3-4,7-10H2,1H3/t11?,12-,13-/m1/s1. The summed E-state index contributed by atoms with van der Waals surface area (Å²) in [6.45, 7) is 0.910. The smallest absolute Gasteiger partial charge is 0.219 e. The van der Waals surface area contributed by atoms with Crippen LogP contribution in [0.15, 0.2) is 18.5 Å². The molecule has 7 nitrogen and oxygen atoms in total. The van der Waals surface area contributed by atoms with Crippen LogP contribution in [0, 0.1) is 5.92 Å². The minimum absolute atomic E-state index is 0.210. The van der Waals surface area contributed by atoms with E-state index in [1.54, 1.807) is 6.20 Å². The van der Waals surface area contributed by atoms with Crippen LogP contribution in [-0.4, -0.2) is 53.9 Å². The van der Waals surface area contributed by atoms with Crippen LogP contribution in [0.2, 0.25) is 0 Å². The van der Waals surface area contributed by atoms with E-state index in [-0.39, 0.29) is 12.5 Å². The Hall–Kier alpha value is -0.960. The van der Waals surface area contributed by atoms with Crippen LogP contribution in [0.25, 0.3) is 0 Å². The summed E-state index contributed by atoms with van der Waals surface area (Å²) >= 11 is 0. The molecule has 22 heavy (non-hydrogen) atoms. The number of nitrogens with zero attached hydrogens (tertiary/aromatic N) is 2. The van der Waals surface area contributed by atoms with Gasteiger partial charge in [0.1, 0.15) is 4.75 Å². The van der Waals surface area contributed by atoms with E-state index in [9.17, 15) is 13.5 Å². The molecular formula is C14H23N3O4S. The van der Waals surface area contributed by atoms with Crippen LogP contribution in [0.1, 0.15) is 25.7 Å². The number of hydrogen-bond donors (Lipinski definition) is 2. The summed E-state index contributed by atoms with van der Waals surface area (Å²) in [6, 6.07) is 1.44. The van der Waals surface area contributed by atoms with E-state index in [2.05, 4.69) is 9.82 Å². The zero-order chi connectivity index (χ0) is 15.8. The molecule has 0 bridgehead atoms. The Labute approximate surface area is 130 Å². The molecule has 2 saturated carbocycles. The average molecular weight is 329 g/mol. The van der Waals surface area contributed by atoms with Gasteiger partial charge in [-0.2, -0.15) is 5.10 Å². The van der Waals surface area contributed by atoms with E-state index < -0.39 is 26.9 Å². The highest BCUT2D eigenvalue weighted by Crippen LogP contribution is 2.44. The number of aromatic nitrogens is 2. The number of hydrogen-bond acceptors (Lipinski definition) is 5. The van der Waals surface area contributed by atoms with Gasteiger partial charge in [0, 0.05) is 32.1 Å². The highest BCUT2D eigenvalue weighted by atomic mass is 32.2. The van der Waals surface area contributed by atoms with Gasteiger partial charge in [0.15, 0.2) is 0 Å². The predicted octanol–water partition coefficient (Wildman–Crippen LogP) is 0.121. The Morgan fingerprint density at radius 1 is 1.45 bits per heavy atom. The van der Waals surface area contributed by atoms with Gasteiger partial charge in [0.2, 0.25) is 10.0 Å². The Morgan fingerprint density at radius 3 is 2.82 bits per heavy atom. The molecule has 0 radical (unpaired) electrons. The normalized spacial score (nSPS) is 30.5. The molecule has 2 aliphatic carbocycles. The maximum Gasteiger partial charge on any atom is 0.219 e. The molecule has 1 aromatic rings. The number of aliphatic hydroxyl groups is 1. The third kappa shape index (κ3) is 3.05. The summed E-state index contributed by atoms with van der Waals surface area (Å²) in [5, 5.41) is 14.3. The highest BCUT2D eigenvalue weighted by Gasteiger charge is 2.55. The summed E-state index contributed by atoms with van der Waals surface area (Å²) in [4.78, 5) is 0. The highest BCUT2D eigenvalue weighted by molar-refractivity contribution is 7.91. The lowest BCUT2D eigenvalue weighted by Crippen LogP contribution is -2.47. The number of methoxy groups -OCH3 is 1. The fourth-order valence-corrected chi connectivity index (χ4v) is 5.10. The lowest BCUT2D eigenvalue weighted by Gasteiger charge is -2.21. The maximum absolute atomic E-state index is 12.5. The van der Waals surface area contributed by atoms with Crippen molar-refractivity contribution in [3.63, 3.8) is 0 Å². The van der Waals surface area contributed by atoms with E-state index in [1.165, 1.54) is 7.11 Å². The van der Waals surface area contributed by atoms with Gasteiger partial charge < -0.3 is 9.84 Å². The number of rotatable bonds is 7. The summed E-state index contributed by atoms with van der Waals surface area (Å²) in [7, 11) is -1.96. The molecule has 0 aromatic carbocycles. The van der Waals surface area contributed by atoms with Crippen LogP contribution >= 0.6 is 0 Å². The largest absolute Gasteiger partial charge is 0.391 e. The molecule has 2 N–H and O–H groups in total. The first-order valence-electron chi connectivity index (χ1n) is 7.62. The van der Waals surface area contributed by atoms with Crippen molar-refractivity contribution in [2.45, 2.75) is 49.1 Å². The number of nitrogens with one attached hydrogen (secondary N) is 1. The molecule has 8 heteroatoms. The van der Waals surface area contributed by atoms with Crippen LogP contribution in [0.4, 0.5) is 0 Å². The van der Waals surface area contributed by atoms with E-state index in [0.717, 1.165) is 0 Å². The van der Waals surface area contributed by atoms with Gasteiger partial charge in [-0.1, -0.05) is 0 Å². The molecule has 1 unspecified atom stereocenters. The SMILES string of the molecule is COCC1(S(=O)(=O)N[C@@H]2CC(Cn3cccn3)C[C@H]2O)CC1. The van der Waals surface area contributed by atoms with Crippen molar-refractivity contribution in [2.24, 2.45) is 5.92 Å². The van der Waals surface area contributed by atoms with Crippen LogP contribution in [0.5, 0.6) is 0 Å². The van der Waals surface area contributed by atoms with Crippen molar-refractivity contribution in [2.75, 3.05) is 13.7 Å². The van der Waals surface area contributed by atoms with Gasteiger partial charge in [0.25, 0.3) is 0 Å². The lowest BCUT2D eigenvalue weighted by atomic mass is 10.1. The monoisotopic (exact) mass is 329 g/mol. The van der Waals surface area contributed by atoms with Gasteiger partial charge in [-0.05, 0) is 37.7 Å². The van der Waals surface area contributed by atoms with Crippen molar-refractivity contribution < 1.29 is 18.3 Å². The van der Waals surface area contributed by atoms with Crippen molar-refractivity contribution >= 4 is 10.0 Å². The number of aliphatic hydroxyl groups excluding tert-OH is 1. The Kier molecular flexibility index (Phi) is 4.28. The van der Waals surface area contributed by atoms with Gasteiger partial charge in [-0.15, -0.1) is 0 Å². The lowest BCUT2D eigenvalue weighted by molar-refractivity contribution is 0.153. The predicted molar refractivity (Wildman–Crippen MR) is 80.6 cm³/mol. The fraction of sp³-hybridized carbons (Fsp3) is 0.786. The van der Waals surface area contributed by atoms with Crippen LogP contribution in [0.3, 0.4) is 0 Å². The van der Waals surface area contributed by atoms with E-state index in [4.69, 9.17) is 4.74 Å². The summed E-state index contributed by atoms with van der Waals surface area (Å²) in [5.74, 6) is 0.222. The molecule has 3 rings (SSSR count). The third-order valence-electron chi connectivity index (χ3n) is 4.72. The molecule has 0 amide bonds. The minimum atomic E-state index is -3.47. The Bertz CT molecular complexity index is 598. The first kappa shape index (κ1) is 15.9. The summed E-state index contributed by atoms with van der Waals surface area (Å²) in [5.41, 5.74) is 0. The van der Waals surface area contributed by atoms with Crippen molar-refractivity contribution in [1.29, 1.82) is 0 Å². The van der Waals surface area contributed by atoms with Gasteiger partial charge in [0.05, 0.1) is 12.7 Å². The topological polar surface area (TPSA) is 93.5 Å². The van der Waals surface area contributed by atoms with Crippen molar-refractivity contribution in [1.82, 2.24) is 14.5 Å². The van der Waals surface area contributed by atoms with Crippen molar-refractivity contribution in [3.05, 3.63) is 18.5 Å². The number of ether oxygens (including phenoxy) is 1. The number of sulfonamides is 1. The fourth-order valence-electron chi connectivity index (χ4n) is 3.28. The van der Waals surface area contributed by atoms with Crippen LogP contribution in [-0.2, 0) is 21.3 Å². The molecule has 1 aromatic heterocycles. The quantitative estimate of drug-likeness (QED) is 0.741. The molecule has 2 aliphatic rings. The van der Waals surface area contributed by atoms with E-state index >= 15 is 0 Å². The second kappa shape index (κ2) is 5.92. The molecule has 2 fully saturated rings. The Balaban J connectivity index is 1.61. The maximum atomic E-state index is 12.5. The van der Waals surface area contributed by atoms with Crippen molar-refractivity contribution in [3.8, 4) is 0 Å². The molecule has 0 aliphatic heterocycles. The molecular weight excluding hydrogens is 306 g/mol. The first-order chi connectivity index (χ1) is 10.5. The van der Waals surface area contributed by atoms with Gasteiger partial charge in [-0.25, -0.2) is 13.1 Å². The molecule has 124 valence electrons. The molecule has 0 spiro atoms. The summed E-state index contributed by atoms with van der Waals surface area (Å²) < 4.78 is 33.8. The zero-order valence-corrected chi connectivity index (χ0v) is 13.5. The van der Waals surface area contributed by atoms with E-state index in [0.29, 0.717) is 32.2 Å². The van der Waals surface area contributed by atoms with Gasteiger partial charge in [-0.3, -0.25) is 4.68 Å². The Morgan fingerprint density at radius 2 is 2.23 bits per heavy atom. The average Bonchev–Trinajstić information content (AvgIpc) is 2.93. The first-order valence-corrected chi connectivity index (χ1v) is 9.10. The minimum Gasteiger partial charge on any atom is -0.391 e. The van der Waals surface area contributed by atoms with Gasteiger partial charge >= 0.3 is 0 Å². The summed E-state index contributed by atoms with van der Waals surface area (Å²) in [6.07, 6.45) is 5.40. The zero-order valence-electron chi connectivity index (χ0n) is 12.7. The molecule has 0 saturated heterocycles. The second-order valence-electron chi connectivity index (χ2n) is 6.48. The molecule has 3 atom stereocenters.